The van der Waals surface area contributed by atoms with E-state index in [1.54, 1.807) is 24.3 Å². The summed E-state index contributed by atoms with van der Waals surface area (Å²) in [5.74, 6) is -0.155. The van der Waals surface area contributed by atoms with Crippen LogP contribution >= 0.6 is 0 Å². The smallest absolute Gasteiger partial charge is 0.421 e. The molecule has 0 radical (unpaired) electrons. The molecule has 0 bridgehead atoms. The Morgan fingerprint density at radius 3 is 2.43 bits per heavy atom. The molecular formula is C15H15F3N2O. The van der Waals surface area contributed by atoms with E-state index >= 15 is 0 Å². The summed E-state index contributed by atoms with van der Waals surface area (Å²) in [6.07, 6.45) is -2.55. The number of aromatic nitrogens is 1. The van der Waals surface area contributed by atoms with E-state index in [0.717, 1.165) is 11.6 Å². The summed E-state index contributed by atoms with van der Waals surface area (Å²) in [7, 11) is 0. The molecule has 2 N–H and O–H groups in total. The number of benzene rings is 1. The number of pyridine rings is 1. The molecule has 2 rings (SSSR count). The summed E-state index contributed by atoms with van der Waals surface area (Å²) in [4.78, 5) is 3.65. The van der Waals surface area contributed by atoms with Crippen LogP contribution in [0.2, 0.25) is 0 Å². The van der Waals surface area contributed by atoms with Crippen molar-refractivity contribution in [2.24, 2.45) is 5.73 Å². The molecule has 0 aliphatic rings. The molecule has 3 nitrogen and oxygen atoms in total. The predicted molar refractivity (Wildman–Crippen MR) is 73.1 cm³/mol. The highest BCUT2D eigenvalue weighted by Gasteiger charge is 2.35. The van der Waals surface area contributed by atoms with Crippen LogP contribution in [-0.2, 0) is 12.6 Å². The second-order valence-corrected chi connectivity index (χ2v) is 4.78. The molecule has 0 spiro atoms. The predicted octanol–water partition coefficient (Wildman–Crippen LogP) is 3.78. The van der Waals surface area contributed by atoms with E-state index in [1.165, 1.54) is 12.3 Å². The van der Waals surface area contributed by atoms with E-state index in [9.17, 15) is 13.2 Å². The molecule has 0 amide bonds. The highest BCUT2D eigenvalue weighted by Crippen LogP contribution is 2.36. The highest BCUT2D eigenvalue weighted by molar-refractivity contribution is 5.35. The first-order chi connectivity index (χ1) is 9.86. The van der Waals surface area contributed by atoms with Crippen molar-refractivity contribution in [1.82, 2.24) is 4.98 Å². The van der Waals surface area contributed by atoms with Crippen LogP contribution in [0.4, 0.5) is 13.2 Å². The Morgan fingerprint density at radius 2 is 1.86 bits per heavy atom. The Kier molecular flexibility index (Phi) is 4.47. The summed E-state index contributed by atoms with van der Waals surface area (Å²) in [6, 6.07) is 8.93. The molecule has 21 heavy (non-hydrogen) atoms. The molecule has 1 heterocycles. The van der Waals surface area contributed by atoms with Gasteiger partial charge in [-0.05, 0) is 43.2 Å². The number of ether oxygens (including phenoxy) is 1. The summed E-state index contributed by atoms with van der Waals surface area (Å²) in [5, 5.41) is 0. The number of rotatable bonds is 4. The molecule has 2 aromatic rings. The van der Waals surface area contributed by atoms with Crippen molar-refractivity contribution < 1.29 is 17.9 Å². The molecule has 0 aliphatic heterocycles. The zero-order valence-corrected chi connectivity index (χ0v) is 11.4. The fourth-order valence-electron chi connectivity index (χ4n) is 1.86. The third-order valence-electron chi connectivity index (χ3n) is 2.77. The third-order valence-corrected chi connectivity index (χ3v) is 2.77. The van der Waals surface area contributed by atoms with Gasteiger partial charge in [0.25, 0.3) is 0 Å². The van der Waals surface area contributed by atoms with Gasteiger partial charge < -0.3 is 10.5 Å². The maximum Gasteiger partial charge on any atom is 0.421 e. The van der Waals surface area contributed by atoms with Gasteiger partial charge in [-0.3, -0.25) is 0 Å². The number of alkyl halides is 3. The van der Waals surface area contributed by atoms with Crippen molar-refractivity contribution in [3.05, 3.63) is 53.7 Å². The average Bonchev–Trinajstić information content (AvgIpc) is 2.40. The summed E-state index contributed by atoms with van der Waals surface area (Å²) >= 11 is 0. The largest absolute Gasteiger partial charge is 0.438 e. The highest BCUT2D eigenvalue weighted by atomic mass is 19.4. The molecule has 0 saturated heterocycles. The SMILES string of the molecule is CC(N)Cc1ccc(Oc2ncccc2C(F)(F)F)cc1. The molecule has 1 aromatic heterocycles. The minimum absolute atomic E-state index is 0.0180. The van der Waals surface area contributed by atoms with Crippen molar-refractivity contribution in [3.8, 4) is 11.6 Å². The van der Waals surface area contributed by atoms with Crippen molar-refractivity contribution in [1.29, 1.82) is 0 Å². The second kappa shape index (κ2) is 6.13. The standard InChI is InChI=1S/C15H15F3N2O/c1-10(19)9-11-4-6-12(7-5-11)21-14-13(15(16,17)18)3-2-8-20-14/h2-8,10H,9,19H2,1H3. The quantitative estimate of drug-likeness (QED) is 0.934. The monoisotopic (exact) mass is 296 g/mol. The Labute approximate surface area is 120 Å². The Bertz CT molecular complexity index is 595. The van der Waals surface area contributed by atoms with Gasteiger partial charge in [-0.2, -0.15) is 13.2 Å². The fraction of sp³-hybridized carbons (Fsp3) is 0.267. The first kappa shape index (κ1) is 15.3. The molecule has 6 heteroatoms. The molecule has 0 aliphatic carbocycles. The van der Waals surface area contributed by atoms with Crippen molar-refractivity contribution in [2.75, 3.05) is 0 Å². The van der Waals surface area contributed by atoms with Crippen LogP contribution in [0.3, 0.4) is 0 Å². The van der Waals surface area contributed by atoms with Gasteiger partial charge in [0, 0.05) is 12.2 Å². The topological polar surface area (TPSA) is 48.1 Å². The third kappa shape index (κ3) is 4.19. The minimum atomic E-state index is -4.50. The first-order valence-electron chi connectivity index (χ1n) is 6.41. The molecule has 112 valence electrons. The van der Waals surface area contributed by atoms with E-state index < -0.39 is 17.6 Å². The number of hydrogen-bond donors (Lipinski definition) is 1. The van der Waals surface area contributed by atoms with Gasteiger partial charge in [0.05, 0.1) is 0 Å². The molecule has 1 atom stereocenters. The summed E-state index contributed by atoms with van der Waals surface area (Å²) < 4.78 is 43.7. The first-order valence-corrected chi connectivity index (χ1v) is 6.41. The Balaban J connectivity index is 2.19. The zero-order chi connectivity index (χ0) is 15.5. The van der Waals surface area contributed by atoms with Crippen LogP contribution < -0.4 is 10.5 Å². The normalized spacial score (nSPS) is 13.0. The van der Waals surface area contributed by atoms with Crippen molar-refractivity contribution >= 4 is 0 Å². The summed E-state index contributed by atoms with van der Waals surface area (Å²) in [6.45, 7) is 1.88. The molecule has 1 aromatic carbocycles. The van der Waals surface area contributed by atoms with Gasteiger partial charge in [0.2, 0.25) is 5.88 Å². The van der Waals surface area contributed by atoms with Gasteiger partial charge in [0.15, 0.2) is 0 Å². The van der Waals surface area contributed by atoms with Crippen LogP contribution in [0.15, 0.2) is 42.6 Å². The average molecular weight is 296 g/mol. The van der Waals surface area contributed by atoms with Gasteiger partial charge in [-0.1, -0.05) is 12.1 Å². The van der Waals surface area contributed by atoms with E-state index in [0.29, 0.717) is 12.2 Å². The molecule has 0 fully saturated rings. The van der Waals surface area contributed by atoms with E-state index in [1.807, 2.05) is 6.92 Å². The number of halogens is 3. The fourth-order valence-corrected chi connectivity index (χ4v) is 1.86. The molecule has 1 unspecified atom stereocenters. The second-order valence-electron chi connectivity index (χ2n) is 4.78. The van der Waals surface area contributed by atoms with E-state index in [2.05, 4.69) is 4.98 Å². The van der Waals surface area contributed by atoms with E-state index in [4.69, 9.17) is 10.5 Å². The van der Waals surface area contributed by atoms with Crippen LogP contribution in [0.1, 0.15) is 18.1 Å². The van der Waals surface area contributed by atoms with Gasteiger partial charge in [-0.25, -0.2) is 4.98 Å². The zero-order valence-electron chi connectivity index (χ0n) is 11.4. The van der Waals surface area contributed by atoms with Crippen molar-refractivity contribution in [2.45, 2.75) is 25.6 Å². The van der Waals surface area contributed by atoms with Gasteiger partial charge in [-0.15, -0.1) is 0 Å². The maximum absolute atomic E-state index is 12.8. The number of nitrogens with zero attached hydrogens (tertiary/aromatic N) is 1. The Morgan fingerprint density at radius 1 is 1.19 bits per heavy atom. The molecular weight excluding hydrogens is 281 g/mol. The lowest BCUT2D eigenvalue weighted by Crippen LogP contribution is -2.17. The number of hydrogen-bond acceptors (Lipinski definition) is 3. The van der Waals surface area contributed by atoms with Gasteiger partial charge in [0.1, 0.15) is 11.3 Å². The van der Waals surface area contributed by atoms with Crippen LogP contribution in [0.5, 0.6) is 11.6 Å². The lowest BCUT2D eigenvalue weighted by atomic mass is 10.1. The van der Waals surface area contributed by atoms with Crippen LogP contribution in [0.25, 0.3) is 0 Å². The van der Waals surface area contributed by atoms with Gasteiger partial charge >= 0.3 is 6.18 Å². The maximum atomic E-state index is 12.8. The lowest BCUT2D eigenvalue weighted by Gasteiger charge is -2.12. The van der Waals surface area contributed by atoms with E-state index in [-0.39, 0.29) is 6.04 Å². The summed E-state index contributed by atoms with van der Waals surface area (Å²) in [5.41, 5.74) is 5.78. The van der Waals surface area contributed by atoms with Crippen LogP contribution in [0, 0.1) is 0 Å². The van der Waals surface area contributed by atoms with Crippen molar-refractivity contribution in [3.63, 3.8) is 0 Å². The lowest BCUT2D eigenvalue weighted by molar-refractivity contribution is -0.138. The molecule has 0 saturated carbocycles. The minimum Gasteiger partial charge on any atom is -0.438 e. The number of nitrogens with two attached hydrogens (primary N) is 1. The Hall–Kier alpha value is -2.08. The van der Waals surface area contributed by atoms with Crippen LogP contribution in [-0.4, -0.2) is 11.0 Å².